The van der Waals surface area contributed by atoms with Crippen molar-refractivity contribution in [3.05, 3.63) is 35.6 Å². The predicted octanol–water partition coefficient (Wildman–Crippen LogP) is 4.10. The molecule has 2 saturated carbocycles. The Balaban J connectivity index is 1.53. The first-order valence-corrected chi connectivity index (χ1v) is 7.34. The minimum absolute atomic E-state index is 0.140. The first-order valence-electron chi connectivity index (χ1n) is 7.34. The van der Waals surface area contributed by atoms with Crippen molar-refractivity contribution in [3.8, 4) is 0 Å². The van der Waals surface area contributed by atoms with Crippen molar-refractivity contribution in [2.24, 2.45) is 10.8 Å². The second-order valence-corrected chi connectivity index (χ2v) is 7.46. The summed E-state index contributed by atoms with van der Waals surface area (Å²) >= 11 is 0. The van der Waals surface area contributed by atoms with Gasteiger partial charge >= 0.3 is 0 Å². The Morgan fingerprint density at radius 2 is 1.53 bits per heavy atom. The number of hydrogen-bond donors (Lipinski definition) is 1. The van der Waals surface area contributed by atoms with Crippen LogP contribution >= 0.6 is 0 Å². The summed E-state index contributed by atoms with van der Waals surface area (Å²) in [5.74, 6) is 0.474. The molecule has 0 bridgehead atoms. The van der Waals surface area contributed by atoms with E-state index in [1.54, 1.807) is 12.1 Å². The third-order valence-electron chi connectivity index (χ3n) is 5.90. The van der Waals surface area contributed by atoms with Crippen LogP contribution in [0.25, 0.3) is 0 Å². The Labute approximate surface area is 115 Å². The fourth-order valence-corrected chi connectivity index (χ4v) is 3.61. The van der Waals surface area contributed by atoms with E-state index in [2.05, 4.69) is 33.0 Å². The van der Waals surface area contributed by atoms with Gasteiger partial charge in [-0.25, -0.2) is 4.39 Å². The molecular formula is C17H24FN. The molecule has 2 aliphatic rings. The van der Waals surface area contributed by atoms with Crippen molar-refractivity contribution in [2.75, 3.05) is 0 Å². The molecule has 104 valence electrons. The van der Waals surface area contributed by atoms with Gasteiger partial charge in [-0.05, 0) is 47.3 Å². The molecule has 0 aliphatic heterocycles. The minimum Gasteiger partial charge on any atom is -0.310 e. The smallest absolute Gasteiger partial charge is 0.123 e. The normalized spacial score (nSPS) is 31.8. The molecule has 0 aromatic heterocycles. The number of nitrogens with one attached hydrogen (secondary N) is 1. The van der Waals surface area contributed by atoms with Crippen LogP contribution in [0.2, 0.25) is 0 Å². The van der Waals surface area contributed by atoms with Crippen LogP contribution < -0.4 is 5.32 Å². The van der Waals surface area contributed by atoms with E-state index in [0.29, 0.717) is 28.8 Å². The Hall–Kier alpha value is -0.890. The summed E-state index contributed by atoms with van der Waals surface area (Å²) in [7, 11) is 0. The molecule has 1 N–H and O–H groups in total. The standard InChI is InChI=1S/C17H24FN/c1-16(2)15(17(16,3)4)19-14-9-12(10-14)11-5-7-13(18)8-6-11/h5-8,12,14-15,19H,9-10H2,1-4H3. The maximum Gasteiger partial charge on any atom is 0.123 e. The van der Waals surface area contributed by atoms with Gasteiger partial charge in [-0.3, -0.25) is 0 Å². The van der Waals surface area contributed by atoms with Crippen LogP contribution in [-0.2, 0) is 0 Å². The van der Waals surface area contributed by atoms with E-state index in [-0.39, 0.29) is 5.82 Å². The lowest BCUT2D eigenvalue weighted by Crippen LogP contribution is -2.43. The lowest BCUT2D eigenvalue weighted by atomic mass is 9.75. The summed E-state index contributed by atoms with van der Waals surface area (Å²) in [5.41, 5.74) is 2.11. The molecule has 1 nitrogen and oxygen atoms in total. The van der Waals surface area contributed by atoms with Crippen LogP contribution in [0.3, 0.4) is 0 Å². The van der Waals surface area contributed by atoms with E-state index in [4.69, 9.17) is 0 Å². The molecule has 19 heavy (non-hydrogen) atoms. The van der Waals surface area contributed by atoms with Gasteiger partial charge in [0.1, 0.15) is 5.82 Å². The van der Waals surface area contributed by atoms with Crippen LogP contribution in [-0.4, -0.2) is 12.1 Å². The highest BCUT2D eigenvalue weighted by molar-refractivity contribution is 5.25. The monoisotopic (exact) mass is 261 g/mol. The summed E-state index contributed by atoms with van der Waals surface area (Å²) in [6.45, 7) is 9.39. The second kappa shape index (κ2) is 4.05. The summed E-state index contributed by atoms with van der Waals surface area (Å²) in [4.78, 5) is 0. The molecule has 0 atom stereocenters. The number of hydrogen-bond acceptors (Lipinski definition) is 1. The molecule has 3 rings (SSSR count). The van der Waals surface area contributed by atoms with Crippen molar-refractivity contribution >= 4 is 0 Å². The predicted molar refractivity (Wildman–Crippen MR) is 76.6 cm³/mol. The van der Waals surface area contributed by atoms with E-state index < -0.39 is 0 Å². The van der Waals surface area contributed by atoms with Crippen molar-refractivity contribution in [1.82, 2.24) is 5.32 Å². The molecule has 0 radical (unpaired) electrons. The molecule has 2 heteroatoms. The van der Waals surface area contributed by atoms with Crippen molar-refractivity contribution in [2.45, 2.75) is 58.5 Å². The van der Waals surface area contributed by atoms with Gasteiger partial charge in [-0.1, -0.05) is 39.8 Å². The van der Waals surface area contributed by atoms with Crippen molar-refractivity contribution < 1.29 is 4.39 Å². The lowest BCUT2D eigenvalue weighted by molar-refractivity contribution is 0.275. The zero-order valence-corrected chi connectivity index (χ0v) is 12.3. The zero-order chi connectivity index (χ0) is 13.8. The van der Waals surface area contributed by atoms with Gasteiger partial charge in [0.2, 0.25) is 0 Å². The highest BCUT2D eigenvalue weighted by atomic mass is 19.1. The van der Waals surface area contributed by atoms with Crippen LogP contribution in [0.5, 0.6) is 0 Å². The Morgan fingerprint density at radius 3 is 2.00 bits per heavy atom. The van der Waals surface area contributed by atoms with Gasteiger partial charge in [0.05, 0.1) is 0 Å². The molecule has 1 aromatic carbocycles. The van der Waals surface area contributed by atoms with Crippen molar-refractivity contribution in [3.63, 3.8) is 0 Å². The molecule has 2 fully saturated rings. The van der Waals surface area contributed by atoms with E-state index >= 15 is 0 Å². The largest absolute Gasteiger partial charge is 0.310 e. The summed E-state index contributed by atoms with van der Waals surface area (Å²) in [6.07, 6.45) is 2.38. The quantitative estimate of drug-likeness (QED) is 0.864. The van der Waals surface area contributed by atoms with E-state index in [9.17, 15) is 4.39 Å². The molecule has 2 aliphatic carbocycles. The van der Waals surface area contributed by atoms with Crippen LogP contribution in [0.1, 0.15) is 52.0 Å². The third-order valence-corrected chi connectivity index (χ3v) is 5.90. The Kier molecular flexibility index (Phi) is 2.79. The van der Waals surface area contributed by atoms with Gasteiger partial charge in [0, 0.05) is 12.1 Å². The van der Waals surface area contributed by atoms with Gasteiger partial charge in [-0.2, -0.15) is 0 Å². The van der Waals surface area contributed by atoms with Crippen LogP contribution in [0.15, 0.2) is 24.3 Å². The number of halogens is 1. The van der Waals surface area contributed by atoms with Gasteiger partial charge in [-0.15, -0.1) is 0 Å². The van der Waals surface area contributed by atoms with Gasteiger partial charge in [0.15, 0.2) is 0 Å². The SMILES string of the molecule is CC1(C)C(NC2CC(c3ccc(F)cc3)C2)C1(C)C. The molecule has 1 aromatic rings. The molecule has 0 heterocycles. The first-order chi connectivity index (χ1) is 8.82. The fraction of sp³-hybridized carbons (Fsp3) is 0.647. The highest BCUT2D eigenvalue weighted by Crippen LogP contribution is 2.63. The summed E-state index contributed by atoms with van der Waals surface area (Å²) in [5, 5.41) is 3.81. The molecule has 0 amide bonds. The topological polar surface area (TPSA) is 12.0 Å². The zero-order valence-electron chi connectivity index (χ0n) is 12.3. The number of benzene rings is 1. The fourth-order valence-electron chi connectivity index (χ4n) is 3.61. The summed E-state index contributed by atoms with van der Waals surface area (Å²) in [6, 6.07) is 8.29. The summed E-state index contributed by atoms with van der Waals surface area (Å²) < 4.78 is 12.9. The van der Waals surface area contributed by atoms with Crippen LogP contribution in [0, 0.1) is 16.6 Å². The third kappa shape index (κ3) is 2.01. The molecule has 0 spiro atoms. The maximum absolute atomic E-state index is 12.9. The first kappa shape index (κ1) is 13.1. The van der Waals surface area contributed by atoms with Gasteiger partial charge in [0.25, 0.3) is 0 Å². The van der Waals surface area contributed by atoms with Gasteiger partial charge < -0.3 is 5.32 Å². The van der Waals surface area contributed by atoms with E-state index in [0.717, 1.165) is 0 Å². The molecular weight excluding hydrogens is 237 g/mol. The minimum atomic E-state index is -0.140. The Morgan fingerprint density at radius 1 is 1.00 bits per heavy atom. The van der Waals surface area contributed by atoms with E-state index in [1.807, 2.05) is 12.1 Å². The lowest BCUT2D eigenvalue weighted by Gasteiger charge is -2.37. The van der Waals surface area contributed by atoms with Crippen LogP contribution in [0.4, 0.5) is 4.39 Å². The average Bonchev–Trinajstić information content (AvgIpc) is 2.66. The molecule has 0 unspecified atom stereocenters. The van der Waals surface area contributed by atoms with Crippen molar-refractivity contribution in [1.29, 1.82) is 0 Å². The average molecular weight is 261 g/mol. The highest BCUT2D eigenvalue weighted by Gasteiger charge is 2.65. The maximum atomic E-state index is 12.9. The number of rotatable bonds is 3. The molecule has 0 saturated heterocycles. The second-order valence-electron chi connectivity index (χ2n) is 7.46. The Bertz CT molecular complexity index is 455. The van der Waals surface area contributed by atoms with E-state index in [1.165, 1.54) is 18.4 Å².